The van der Waals surface area contributed by atoms with Crippen molar-refractivity contribution in [3.63, 3.8) is 0 Å². The molecule has 0 bridgehead atoms. The van der Waals surface area contributed by atoms with Crippen molar-refractivity contribution in [1.82, 2.24) is 0 Å². The van der Waals surface area contributed by atoms with E-state index in [0.29, 0.717) is 6.08 Å². The Morgan fingerprint density at radius 3 is 1.42 bits per heavy atom. The summed E-state index contributed by atoms with van der Waals surface area (Å²) >= 11 is 0. The largest absolute Gasteiger partial charge is 0.460 e. The second-order valence-electron chi connectivity index (χ2n) is 5.50. The minimum atomic E-state index is -8.34. The van der Waals surface area contributed by atoms with E-state index in [9.17, 15) is 70.7 Å². The fraction of sp³-hybridized carbons (Fsp3) is 0.769. The van der Waals surface area contributed by atoms with Gasteiger partial charge in [-0.25, -0.2) is 4.79 Å². The van der Waals surface area contributed by atoms with Crippen LogP contribution in [0.5, 0.6) is 0 Å². The zero-order chi connectivity index (χ0) is 25.3. The predicted molar refractivity (Wildman–Crippen MR) is 67.7 cm³/mol. The third-order valence-electron chi connectivity index (χ3n) is 3.31. The first-order valence-electron chi connectivity index (χ1n) is 7.16. The number of hydrogen-bond acceptors (Lipinski definition) is 3. The number of halogens is 15. The standard InChI is InChI=1S/C13H9F15O3/c1-2-6(29)31-4-3-30-5-7(14,15)8(16,17)9(18,19)10(20,21)11(22,23)12(24,25)13(26,27)28/h2H,1,3-5H2. The number of esters is 1. The summed E-state index contributed by atoms with van der Waals surface area (Å²) in [6.07, 6.45) is -7.14. The maximum Gasteiger partial charge on any atom is 0.460 e. The first-order chi connectivity index (χ1) is 13.5. The van der Waals surface area contributed by atoms with Crippen LogP contribution in [0.1, 0.15) is 0 Å². The van der Waals surface area contributed by atoms with E-state index in [1.54, 1.807) is 0 Å². The Morgan fingerprint density at radius 1 is 0.645 bits per heavy atom. The van der Waals surface area contributed by atoms with E-state index in [4.69, 9.17) is 0 Å². The number of carbonyl (C=O) groups excluding carboxylic acids is 1. The zero-order valence-electron chi connectivity index (χ0n) is 14.3. The number of alkyl halides is 15. The highest BCUT2D eigenvalue weighted by molar-refractivity contribution is 5.81. The van der Waals surface area contributed by atoms with Gasteiger partial charge in [0.15, 0.2) is 0 Å². The van der Waals surface area contributed by atoms with Gasteiger partial charge in [-0.1, -0.05) is 6.58 Å². The molecule has 0 fully saturated rings. The van der Waals surface area contributed by atoms with Gasteiger partial charge in [-0.05, 0) is 0 Å². The van der Waals surface area contributed by atoms with Crippen molar-refractivity contribution in [3.8, 4) is 0 Å². The van der Waals surface area contributed by atoms with Crippen LogP contribution in [0.4, 0.5) is 65.9 Å². The van der Waals surface area contributed by atoms with Gasteiger partial charge in [-0.2, -0.15) is 65.9 Å². The molecule has 0 atom stereocenters. The van der Waals surface area contributed by atoms with Gasteiger partial charge in [0.05, 0.1) is 6.61 Å². The normalized spacial score (nSPS) is 15.1. The second-order valence-corrected chi connectivity index (χ2v) is 5.50. The number of carbonyl (C=O) groups is 1. The molecule has 0 rings (SSSR count). The molecule has 0 radical (unpaired) electrons. The first kappa shape index (κ1) is 29.1. The molecule has 0 aliphatic heterocycles. The van der Waals surface area contributed by atoms with E-state index < -0.39 is 67.5 Å². The number of hydrogen-bond donors (Lipinski definition) is 0. The quantitative estimate of drug-likeness (QED) is 0.172. The van der Waals surface area contributed by atoms with Crippen molar-refractivity contribution < 1.29 is 80.1 Å². The van der Waals surface area contributed by atoms with Crippen molar-refractivity contribution in [3.05, 3.63) is 12.7 Å². The van der Waals surface area contributed by atoms with Gasteiger partial charge in [0.1, 0.15) is 13.2 Å². The molecule has 0 N–H and O–H groups in total. The Bertz CT molecular complexity index is 653. The molecule has 184 valence electrons. The lowest BCUT2D eigenvalue weighted by Crippen LogP contribution is -2.73. The van der Waals surface area contributed by atoms with E-state index in [1.165, 1.54) is 0 Å². The van der Waals surface area contributed by atoms with Crippen LogP contribution < -0.4 is 0 Å². The van der Waals surface area contributed by atoms with Crippen molar-refractivity contribution in [1.29, 1.82) is 0 Å². The third kappa shape index (κ3) is 4.82. The number of ether oxygens (including phenoxy) is 2. The summed E-state index contributed by atoms with van der Waals surface area (Å²) in [7, 11) is 0. The maximum atomic E-state index is 13.4. The highest BCUT2D eigenvalue weighted by Crippen LogP contribution is 2.62. The Hall–Kier alpha value is -1.88. The molecule has 0 unspecified atom stereocenters. The molecular formula is C13H9F15O3. The average molecular weight is 498 g/mol. The fourth-order valence-electron chi connectivity index (χ4n) is 1.55. The van der Waals surface area contributed by atoms with E-state index in [-0.39, 0.29) is 0 Å². The van der Waals surface area contributed by atoms with Crippen LogP contribution in [0.2, 0.25) is 0 Å². The lowest BCUT2D eigenvalue weighted by molar-refractivity contribution is -0.453. The summed E-state index contributed by atoms with van der Waals surface area (Å²) in [5, 5.41) is 0. The van der Waals surface area contributed by atoms with Crippen LogP contribution in [-0.2, 0) is 14.3 Å². The summed E-state index contributed by atoms with van der Waals surface area (Å²) in [4.78, 5) is 10.6. The number of rotatable bonds is 11. The highest BCUT2D eigenvalue weighted by Gasteiger charge is 2.93. The van der Waals surface area contributed by atoms with Crippen molar-refractivity contribution >= 4 is 5.97 Å². The van der Waals surface area contributed by atoms with Crippen LogP contribution in [0.15, 0.2) is 12.7 Å². The monoisotopic (exact) mass is 498 g/mol. The molecule has 0 heterocycles. The van der Waals surface area contributed by atoms with Crippen molar-refractivity contribution in [2.24, 2.45) is 0 Å². The third-order valence-corrected chi connectivity index (χ3v) is 3.31. The molecule has 0 aromatic rings. The molecule has 0 saturated carbocycles. The minimum absolute atomic E-state index is 0.516. The molecule has 0 aliphatic carbocycles. The molecule has 31 heavy (non-hydrogen) atoms. The molecule has 3 nitrogen and oxygen atoms in total. The SMILES string of the molecule is C=CC(=O)OCCOCC(F)(F)C(F)(F)C(F)(F)C(F)(F)C(F)(F)C(F)(F)C(F)(F)F. The lowest BCUT2D eigenvalue weighted by Gasteiger charge is -2.41. The fourth-order valence-corrected chi connectivity index (χ4v) is 1.55. The second kappa shape index (κ2) is 8.57. The summed E-state index contributed by atoms with van der Waals surface area (Å²) in [6.45, 7) is -2.36. The van der Waals surface area contributed by atoms with Crippen LogP contribution >= 0.6 is 0 Å². The lowest BCUT2D eigenvalue weighted by atomic mass is 9.91. The van der Waals surface area contributed by atoms with Gasteiger partial charge in [-0.3, -0.25) is 0 Å². The van der Waals surface area contributed by atoms with E-state index in [1.807, 2.05) is 0 Å². The Balaban J connectivity index is 5.83. The highest BCUT2D eigenvalue weighted by atomic mass is 19.4. The van der Waals surface area contributed by atoms with Gasteiger partial charge >= 0.3 is 47.7 Å². The summed E-state index contributed by atoms with van der Waals surface area (Å²) in [6, 6.07) is 0. The summed E-state index contributed by atoms with van der Waals surface area (Å²) < 4.78 is 201. The summed E-state index contributed by atoms with van der Waals surface area (Å²) in [5.74, 6) is -48.2. The van der Waals surface area contributed by atoms with Crippen LogP contribution in [0.3, 0.4) is 0 Å². The molecule has 0 aromatic heterocycles. The van der Waals surface area contributed by atoms with Gasteiger partial charge in [0.2, 0.25) is 0 Å². The van der Waals surface area contributed by atoms with E-state index in [2.05, 4.69) is 16.1 Å². The minimum Gasteiger partial charge on any atom is -0.460 e. The molecule has 0 aromatic carbocycles. The van der Waals surface area contributed by atoms with Gasteiger partial charge < -0.3 is 9.47 Å². The first-order valence-corrected chi connectivity index (χ1v) is 7.16. The van der Waals surface area contributed by atoms with Gasteiger partial charge in [-0.15, -0.1) is 0 Å². The molecule has 18 heteroatoms. The van der Waals surface area contributed by atoms with E-state index >= 15 is 0 Å². The van der Waals surface area contributed by atoms with Gasteiger partial charge in [0.25, 0.3) is 0 Å². The molecular weight excluding hydrogens is 489 g/mol. The molecule has 0 aliphatic rings. The Morgan fingerprint density at radius 2 is 1.03 bits per heavy atom. The van der Waals surface area contributed by atoms with E-state index in [0.717, 1.165) is 0 Å². The topological polar surface area (TPSA) is 35.5 Å². The smallest absolute Gasteiger partial charge is 0.460 e. The van der Waals surface area contributed by atoms with Crippen LogP contribution in [0, 0.1) is 0 Å². The van der Waals surface area contributed by atoms with Gasteiger partial charge in [0, 0.05) is 6.08 Å². The maximum absolute atomic E-state index is 13.4. The average Bonchev–Trinajstić information content (AvgIpc) is 2.59. The van der Waals surface area contributed by atoms with Crippen LogP contribution in [0.25, 0.3) is 0 Å². The molecule has 0 amide bonds. The molecule has 0 saturated heterocycles. The van der Waals surface area contributed by atoms with Crippen LogP contribution in [-0.4, -0.2) is 67.5 Å². The Labute approximate surface area is 161 Å². The Kier molecular flexibility index (Phi) is 8.05. The molecule has 0 spiro atoms. The van der Waals surface area contributed by atoms with Crippen molar-refractivity contribution in [2.45, 2.75) is 41.7 Å². The zero-order valence-corrected chi connectivity index (χ0v) is 14.3. The van der Waals surface area contributed by atoms with Crippen molar-refractivity contribution in [2.75, 3.05) is 19.8 Å². The predicted octanol–water partition coefficient (Wildman–Crippen LogP) is 5.11. The summed E-state index contributed by atoms with van der Waals surface area (Å²) in [5.41, 5.74) is 0.